The van der Waals surface area contributed by atoms with Crippen molar-refractivity contribution in [2.45, 2.75) is 18.5 Å². The van der Waals surface area contributed by atoms with Crippen molar-refractivity contribution in [1.82, 2.24) is 14.9 Å². The van der Waals surface area contributed by atoms with Crippen molar-refractivity contribution in [1.29, 1.82) is 0 Å². The predicted molar refractivity (Wildman–Crippen MR) is 136 cm³/mol. The fourth-order valence-electron chi connectivity index (χ4n) is 3.53. The Morgan fingerprint density at radius 2 is 1.76 bits per heavy atom. The molecule has 172 valence electrons. The van der Waals surface area contributed by atoms with E-state index in [0.29, 0.717) is 33.0 Å². The van der Waals surface area contributed by atoms with Crippen molar-refractivity contribution >= 4 is 40.2 Å². The lowest BCUT2D eigenvalue weighted by Gasteiger charge is -2.14. The first-order valence-electron chi connectivity index (χ1n) is 10.9. The molecule has 3 aromatic carbocycles. The second-order valence-corrected chi connectivity index (χ2v) is 8.51. The van der Waals surface area contributed by atoms with Gasteiger partial charge in [-0.3, -0.25) is 19.0 Å². The molecule has 8 heteroatoms. The van der Waals surface area contributed by atoms with Gasteiger partial charge >= 0.3 is 0 Å². The molecule has 0 atom stereocenters. The molecular weight excluding hydrogens is 448 g/mol. The maximum atomic E-state index is 13.3. The molecule has 4 rings (SSSR count). The second kappa shape index (κ2) is 10.4. The normalized spacial score (nSPS) is 10.8. The van der Waals surface area contributed by atoms with Crippen LogP contribution in [0, 0.1) is 0 Å². The van der Waals surface area contributed by atoms with E-state index in [4.69, 9.17) is 0 Å². The number of nitrogens with one attached hydrogen (secondary N) is 2. The highest BCUT2D eigenvalue weighted by Gasteiger charge is 2.15. The number of aromatic nitrogens is 2. The zero-order valence-corrected chi connectivity index (χ0v) is 19.7. The first-order chi connectivity index (χ1) is 16.5. The molecule has 0 saturated carbocycles. The highest BCUT2D eigenvalue weighted by atomic mass is 32.2. The third-order valence-corrected chi connectivity index (χ3v) is 6.25. The van der Waals surface area contributed by atoms with Gasteiger partial charge in [0.2, 0.25) is 5.91 Å². The third kappa shape index (κ3) is 5.02. The van der Waals surface area contributed by atoms with Crippen LogP contribution in [0.2, 0.25) is 0 Å². The Labute approximate surface area is 201 Å². The summed E-state index contributed by atoms with van der Waals surface area (Å²) >= 11 is 1.18. The molecule has 2 amide bonds. The summed E-state index contributed by atoms with van der Waals surface area (Å²) in [4.78, 5) is 42.5. The summed E-state index contributed by atoms with van der Waals surface area (Å²) in [5, 5.41) is 6.31. The van der Waals surface area contributed by atoms with Gasteiger partial charge in [0.1, 0.15) is 0 Å². The number of aryl methyl sites for hydroxylation is 1. The number of hydrogen-bond donors (Lipinski definition) is 2. The summed E-state index contributed by atoms with van der Waals surface area (Å²) in [6, 6.07) is 21.6. The summed E-state index contributed by atoms with van der Waals surface area (Å²) in [6.07, 6.45) is 0.897. The number of anilines is 1. The van der Waals surface area contributed by atoms with Crippen LogP contribution in [0.4, 0.5) is 5.69 Å². The predicted octanol–water partition coefficient (Wildman–Crippen LogP) is 4.04. The zero-order valence-electron chi connectivity index (χ0n) is 18.9. The summed E-state index contributed by atoms with van der Waals surface area (Å²) in [6.45, 7) is 2.07. The molecule has 34 heavy (non-hydrogen) atoms. The Bertz CT molecular complexity index is 1410. The Morgan fingerprint density at radius 3 is 2.50 bits per heavy atom. The topological polar surface area (TPSA) is 93.1 Å². The van der Waals surface area contributed by atoms with Crippen LogP contribution in [-0.4, -0.2) is 34.2 Å². The third-order valence-electron chi connectivity index (χ3n) is 5.32. The molecule has 4 aromatic rings. The number of para-hydroxylation sites is 1. The van der Waals surface area contributed by atoms with Crippen molar-refractivity contribution in [2.75, 3.05) is 18.1 Å². The van der Waals surface area contributed by atoms with Crippen LogP contribution in [0.3, 0.4) is 0 Å². The minimum absolute atomic E-state index is 0.0437. The van der Waals surface area contributed by atoms with Crippen LogP contribution in [0.15, 0.2) is 82.7 Å². The van der Waals surface area contributed by atoms with Crippen LogP contribution >= 0.6 is 11.8 Å². The average Bonchev–Trinajstić information content (AvgIpc) is 2.87. The monoisotopic (exact) mass is 472 g/mol. The number of benzene rings is 3. The standard InChI is InChI=1S/C26H24N4O3S/c1-3-17-11-13-20(14-12-17)30-25(33)21-9-4-5-10-22(21)29-26(30)34-16-23(31)28-19-8-6-7-18(15-19)24(32)27-2/h4-15H,3,16H2,1-2H3,(H,27,32)(H,28,31). The van der Waals surface area contributed by atoms with Crippen molar-refractivity contribution in [2.24, 2.45) is 0 Å². The number of hydrogen-bond acceptors (Lipinski definition) is 5. The van der Waals surface area contributed by atoms with E-state index in [1.807, 2.05) is 36.4 Å². The minimum Gasteiger partial charge on any atom is -0.355 e. The molecule has 0 aliphatic carbocycles. The van der Waals surface area contributed by atoms with Gasteiger partial charge in [0.05, 0.1) is 22.3 Å². The summed E-state index contributed by atoms with van der Waals surface area (Å²) in [5.74, 6) is -0.458. The number of thioether (sulfide) groups is 1. The van der Waals surface area contributed by atoms with E-state index in [1.54, 1.807) is 48.0 Å². The van der Waals surface area contributed by atoms with Gasteiger partial charge < -0.3 is 10.6 Å². The minimum atomic E-state index is -0.269. The fraction of sp³-hybridized carbons (Fsp3) is 0.154. The number of carbonyl (C=O) groups excluding carboxylic acids is 2. The van der Waals surface area contributed by atoms with Gasteiger partial charge in [0.15, 0.2) is 5.16 Å². The van der Waals surface area contributed by atoms with Gasteiger partial charge in [-0.1, -0.05) is 49.0 Å². The van der Waals surface area contributed by atoms with Crippen LogP contribution in [0.1, 0.15) is 22.8 Å². The van der Waals surface area contributed by atoms with Gasteiger partial charge in [-0.15, -0.1) is 0 Å². The fourth-order valence-corrected chi connectivity index (χ4v) is 4.34. The van der Waals surface area contributed by atoms with E-state index in [2.05, 4.69) is 22.5 Å². The Morgan fingerprint density at radius 1 is 1.00 bits per heavy atom. The molecule has 0 spiro atoms. The molecule has 2 N–H and O–H groups in total. The SMILES string of the molecule is CCc1ccc(-n2c(SCC(=O)Nc3cccc(C(=O)NC)c3)nc3ccccc3c2=O)cc1. The largest absolute Gasteiger partial charge is 0.355 e. The smallest absolute Gasteiger partial charge is 0.266 e. The molecule has 0 bridgehead atoms. The number of rotatable bonds is 7. The first-order valence-corrected chi connectivity index (χ1v) is 11.8. The van der Waals surface area contributed by atoms with E-state index in [-0.39, 0.29) is 23.1 Å². The van der Waals surface area contributed by atoms with Gasteiger partial charge in [0, 0.05) is 18.3 Å². The average molecular weight is 473 g/mol. The van der Waals surface area contributed by atoms with E-state index in [9.17, 15) is 14.4 Å². The van der Waals surface area contributed by atoms with Gasteiger partial charge in [0.25, 0.3) is 11.5 Å². The lowest BCUT2D eigenvalue weighted by Crippen LogP contribution is -2.23. The van der Waals surface area contributed by atoms with Gasteiger partial charge in [-0.05, 0) is 54.4 Å². The summed E-state index contributed by atoms with van der Waals surface area (Å²) in [5.41, 5.74) is 3.23. The van der Waals surface area contributed by atoms with Gasteiger partial charge in [-0.25, -0.2) is 4.98 Å². The highest BCUT2D eigenvalue weighted by molar-refractivity contribution is 7.99. The molecule has 1 heterocycles. The number of nitrogens with zero attached hydrogens (tertiary/aromatic N) is 2. The Hall–Kier alpha value is -3.91. The summed E-state index contributed by atoms with van der Waals surface area (Å²) in [7, 11) is 1.55. The maximum Gasteiger partial charge on any atom is 0.266 e. The number of fused-ring (bicyclic) bond motifs is 1. The van der Waals surface area contributed by atoms with Crippen LogP contribution < -0.4 is 16.2 Å². The van der Waals surface area contributed by atoms with Crippen molar-refractivity contribution < 1.29 is 9.59 Å². The number of amides is 2. The van der Waals surface area contributed by atoms with Crippen molar-refractivity contribution in [3.05, 3.63) is 94.3 Å². The molecule has 7 nitrogen and oxygen atoms in total. The van der Waals surface area contributed by atoms with Crippen molar-refractivity contribution in [3.8, 4) is 5.69 Å². The molecule has 0 unspecified atom stereocenters. The van der Waals surface area contributed by atoms with Gasteiger partial charge in [-0.2, -0.15) is 0 Å². The Kier molecular flexibility index (Phi) is 7.08. The second-order valence-electron chi connectivity index (χ2n) is 7.57. The van der Waals surface area contributed by atoms with Crippen LogP contribution in [0.25, 0.3) is 16.6 Å². The lowest BCUT2D eigenvalue weighted by molar-refractivity contribution is -0.113. The maximum absolute atomic E-state index is 13.3. The van der Waals surface area contributed by atoms with Crippen molar-refractivity contribution in [3.63, 3.8) is 0 Å². The lowest BCUT2D eigenvalue weighted by atomic mass is 10.1. The zero-order chi connectivity index (χ0) is 24.1. The quantitative estimate of drug-likeness (QED) is 0.313. The van der Waals surface area contributed by atoms with E-state index in [0.717, 1.165) is 12.0 Å². The first kappa shape index (κ1) is 23.3. The van der Waals surface area contributed by atoms with Crippen LogP contribution in [-0.2, 0) is 11.2 Å². The molecular formula is C26H24N4O3S. The molecule has 0 fully saturated rings. The molecule has 0 saturated heterocycles. The van der Waals surface area contributed by atoms with E-state index < -0.39 is 0 Å². The molecule has 0 radical (unpaired) electrons. The molecule has 0 aliphatic rings. The highest BCUT2D eigenvalue weighted by Crippen LogP contribution is 2.22. The van der Waals surface area contributed by atoms with E-state index >= 15 is 0 Å². The molecule has 0 aliphatic heterocycles. The van der Waals surface area contributed by atoms with Crippen LogP contribution in [0.5, 0.6) is 0 Å². The Balaban J connectivity index is 1.61. The summed E-state index contributed by atoms with van der Waals surface area (Å²) < 4.78 is 1.55. The molecule has 1 aromatic heterocycles. The number of carbonyl (C=O) groups is 2. The van der Waals surface area contributed by atoms with E-state index in [1.165, 1.54) is 11.8 Å².